The van der Waals surface area contributed by atoms with Gasteiger partial charge in [0.25, 0.3) is 0 Å². The van der Waals surface area contributed by atoms with Crippen LogP contribution in [-0.2, 0) is 19.7 Å². The SMILES string of the molecule is COCCC(=O)Nc1ccc(C(=O)OC)c(Nc2ccc(N(C)c3ccc(C45CC6CC(CC4C6)C5)cc3)cc2)c1. The van der Waals surface area contributed by atoms with Crippen molar-refractivity contribution in [2.24, 2.45) is 17.8 Å². The lowest BCUT2D eigenvalue weighted by atomic mass is 9.71. The van der Waals surface area contributed by atoms with Gasteiger partial charge in [0.1, 0.15) is 0 Å². The van der Waals surface area contributed by atoms with Gasteiger partial charge in [-0.05, 0) is 115 Å². The van der Waals surface area contributed by atoms with Crippen molar-refractivity contribution in [1.82, 2.24) is 0 Å². The molecule has 0 aromatic heterocycles. The molecule has 4 fully saturated rings. The first-order valence-corrected chi connectivity index (χ1v) is 14.6. The molecule has 3 aromatic rings. The van der Waals surface area contributed by atoms with Gasteiger partial charge in [-0.25, -0.2) is 4.79 Å². The number of hydrogen-bond acceptors (Lipinski definition) is 6. The van der Waals surface area contributed by atoms with Crippen LogP contribution in [0.15, 0.2) is 66.7 Å². The zero-order chi connectivity index (χ0) is 28.6. The van der Waals surface area contributed by atoms with Crippen molar-refractivity contribution < 1.29 is 19.1 Å². The van der Waals surface area contributed by atoms with Gasteiger partial charge in [-0.1, -0.05) is 12.1 Å². The maximum atomic E-state index is 12.4. The first-order chi connectivity index (χ1) is 19.9. The number of nitrogens with one attached hydrogen (secondary N) is 2. The van der Waals surface area contributed by atoms with Gasteiger partial charge in [0, 0.05) is 36.9 Å². The Bertz CT molecular complexity index is 1400. The minimum atomic E-state index is -0.456. The smallest absolute Gasteiger partial charge is 0.339 e. The van der Waals surface area contributed by atoms with Crippen molar-refractivity contribution >= 4 is 40.3 Å². The molecule has 0 saturated heterocycles. The molecule has 7 heteroatoms. The number of anilines is 5. The summed E-state index contributed by atoms with van der Waals surface area (Å²) in [5.74, 6) is 2.18. The van der Waals surface area contributed by atoms with Crippen LogP contribution in [-0.4, -0.2) is 39.8 Å². The van der Waals surface area contributed by atoms with Gasteiger partial charge < -0.3 is 25.0 Å². The number of carbonyl (C=O) groups is 2. The van der Waals surface area contributed by atoms with Gasteiger partial charge in [-0.2, -0.15) is 0 Å². The lowest BCUT2D eigenvalue weighted by molar-refractivity contribution is -0.117. The van der Waals surface area contributed by atoms with Gasteiger partial charge >= 0.3 is 5.97 Å². The second-order valence-electron chi connectivity index (χ2n) is 12.0. The summed E-state index contributed by atoms with van der Waals surface area (Å²) in [5.41, 5.74) is 6.53. The van der Waals surface area contributed by atoms with Crippen molar-refractivity contribution in [1.29, 1.82) is 0 Å². The molecule has 1 amide bonds. The van der Waals surface area contributed by atoms with E-state index in [1.165, 1.54) is 39.2 Å². The highest BCUT2D eigenvalue weighted by molar-refractivity contribution is 5.99. The van der Waals surface area contributed by atoms with E-state index >= 15 is 0 Å². The van der Waals surface area contributed by atoms with Crippen LogP contribution in [0, 0.1) is 17.8 Å². The van der Waals surface area contributed by atoms with Crippen LogP contribution in [0.5, 0.6) is 0 Å². The van der Waals surface area contributed by atoms with Gasteiger partial charge in [-0.3, -0.25) is 4.79 Å². The van der Waals surface area contributed by atoms with E-state index in [1.807, 2.05) is 12.1 Å². The largest absolute Gasteiger partial charge is 0.465 e. The molecule has 2 N–H and O–H groups in total. The molecule has 4 bridgehead atoms. The molecule has 4 aliphatic carbocycles. The number of ether oxygens (including phenoxy) is 2. The molecule has 41 heavy (non-hydrogen) atoms. The molecule has 7 rings (SSSR count). The maximum Gasteiger partial charge on any atom is 0.339 e. The Morgan fingerprint density at radius 2 is 1.51 bits per heavy atom. The van der Waals surface area contributed by atoms with Crippen LogP contribution in [0.1, 0.15) is 54.4 Å². The predicted octanol–water partition coefficient (Wildman–Crippen LogP) is 7.04. The average molecular weight is 554 g/mol. The topological polar surface area (TPSA) is 79.9 Å². The van der Waals surface area contributed by atoms with Crippen LogP contribution in [0.25, 0.3) is 0 Å². The standard InChI is InChI=1S/C34H39N3O4/c1-37(28-9-4-24(5-10-28)34-20-22-16-23(21-34)18-25(34)17-22)29-11-6-26(7-12-29)35-31-19-27(36-32(38)14-15-40-2)8-13-30(31)33(39)41-3/h4-13,19,22-23,25,35H,14-18,20-21H2,1-3H3,(H,36,38). The van der Waals surface area contributed by atoms with Crippen LogP contribution in [0.4, 0.5) is 28.4 Å². The highest BCUT2D eigenvalue weighted by atomic mass is 16.5. The summed E-state index contributed by atoms with van der Waals surface area (Å²) in [5, 5.41) is 6.17. The number of hydrogen-bond donors (Lipinski definition) is 2. The zero-order valence-corrected chi connectivity index (χ0v) is 24.1. The van der Waals surface area contributed by atoms with E-state index in [9.17, 15) is 9.59 Å². The monoisotopic (exact) mass is 553 g/mol. The Balaban J connectivity index is 1.15. The van der Waals surface area contributed by atoms with E-state index in [1.54, 1.807) is 30.9 Å². The second kappa shape index (κ2) is 11.2. The average Bonchev–Trinajstić information content (AvgIpc) is 3.40. The number of rotatable bonds is 10. The lowest BCUT2D eigenvalue weighted by Gasteiger charge is -2.34. The fourth-order valence-corrected chi connectivity index (χ4v) is 7.79. The molecule has 214 valence electrons. The number of methoxy groups -OCH3 is 2. The fourth-order valence-electron chi connectivity index (χ4n) is 7.79. The van der Waals surface area contributed by atoms with Crippen LogP contribution in [0.2, 0.25) is 0 Å². The molecule has 0 spiro atoms. The summed E-state index contributed by atoms with van der Waals surface area (Å²) in [6.07, 6.45) is 7.36. The minimum absolute atomic E-state index is 0.161. The fraction of sp³-hybridized carbons (Fsp3) is 0.412. The third kappa shape index (κ3) is 5.31. The van der Waals surface area contributed by atoms with Gasteiger partial charge in [0.2, 0.25) is 5.91 Å². The lowest BCUT2D eigenvalue weighted by Crippen LogP contribution is -2.27. The van der Waals surface area contributed by atoms with E-state index in [0.29, 0.717) is 29.0 Å². The highest BCUT2D eigenvalue weighted by Gasteiger charge is 2.58. The van der Waals surface area contributed by atoms with E-state index < -0.39 is 5.97 Å². The van der Waals surface area contributed by atoms with Gasteiger partial charge in [-0.15, -0.1) is 0 Å². The minimum Gasteiger partial charge on any atom is -0.465 e. The quantitative estimate of drug-likeness (QED) is 0.262. The number of amides is 1. The second-order valence-corrected chi connectivity index (χ2v) is 12.0. The predicted molar refractivity (Wildman–Crippen MR) is 162 cm³/mol. The van der Waals surface area contributed by atoms with Crippen molar-refractivity contribution in [3.63, 3.8) is 0 Å². The summed E-state index contributed by atoms with van der Waals surface area (Å²) in [7, 11) is 5.00. The van der Waals surface area contributed by atoms with E-state index in [4.69, 9.17) is 9.47 Å². The molecule has 4 aliphatic rings. The third-order valence-corrected chi connectivity index (χ3v) is 9.59. The molecule has 2 unspecified atom stereocenters. The summed E-state index contributed by atoms with van der Waals surface area (Å²) in [6, 6.07) is 22.4. The first-order valence-electron chi connectivity index (χ1n) is 14.6. The summed E-state index contributed by atoms with van der Waals surface area (Å²) < 4.78 is 9.95. The Kier molecular flexibility index (Phi) is 7.47. The van der Waals surface area contributed by atoms with Crippen LogP contribution >= 0.6 is 0 Å². The van der Waals surface area contributed by atoms with Gasteiger partial charge in [0.15, 0.2) is 0 Å². The molecule has 0 heterocycles. The van der Waals surface area contributed by atoms with Crippen molar-refractivity contribution in [2.45, 2.75) is 43.9 Å². The molecular weight excluding hydrogens is 514 g/mol. The van der Waals surface area contributed by atoms with E-state index in [-0.39, 0.29) is 12.3 Å². The Hall–Kier alpha value is -3.84. The summed E-state index contributed by atoms with van der Waals surface area (Å²) in [6.45, 7) is 0.338. The number of benzene rings is 3. The van der Waals surface area contributed by atoms with Crippen molar-refractivity contribution in [3.05, 3.63) is 77.9 Å². The summed E-state index contributed by atoms with van der Waals surface area (Å²) in [4.78, 5) is 26.8. The van der Waals surface area contributed by atoms with E-state index in [0.717, 1.165) is 34.8 Å². The molecular formula is C34H39N3O4. The Morgan fingerprint density at radius 3 is 2.15 bits per heavy atom. The number of carbonyl (C=O) groups excluding carboxylic acids is 2. The van der Waals surface area contributed by atoms with Crippen LogP contribution in [0.3, 0.4) is 0 Å². The van der Waals surface area contributed by atoms with Crippen molar-refractivity contribution in [3.8, 4) is 0 Å². The Labute approximate surface area is 242 Å². The number of nitrogens with zero attached hydrogens (tertiary/aromatic N) is 1. The molecule has 0 aliphatic heterocycles. The number of esters is 1. The molecule has 7 nitrogen and oxygen atoms in total. The molecule has 2 atom stereocenters. The first kappa shape index (κ1) is 27.3. The maximum absolute atomic E-state index is 12.4. The zero-order valence-electron chi connectivity index (χ0n) is 24.1. The molecule has 3 aromatic carbocycles. The van der Waals surface area contributed by atoms with Crippen LogP contribution < -0.4 is 15.5 Å². The third-order valence-electron chi connectivity index (χ3n) is 9.59. The summed E-state index contributed by atoms with van der Waals surface area (Å²) >= 11 is 0. The Morgan fingerprint density at radius 1 is 0.878 bits per heavy atom. The normalized spacial score (nSPS) is 23.8. The van der Waals surface area contributed by atoms with E-state index in [2.05, 4.69) is 59.0 Å². The highest BCUT2D eigenvalue weighted by Crippen LogP contribution is 2.66. The van der Waals surface area contributed by atoms with Gasteiger partial charge in [0.05, 0.1) is 31.4 Å². The molecule has 0 radical (unpaired) electrons. The van der Waals surface area contributed by atoms with Crippen molar-refractivity contribution in [2.75, 3.05) is 43.4 Å². The molecule has 4 saturated carbocycles.